The molecule has 3 rings (SSSR count). The average molecular weight is 275 g/mol. The van der Waals surface area contributed by atoms with E-state index in [1.807, 2.05) is 18.2 Å². The minimum atomic E-state index is -0.0192. The summed E-state index contributed by atoms with van der Waals surface area (Å²) in [5, 5.41) is 3.54. The van der Waals surface area contributed by atoms with Crippen LogP contribution in [0.2, 0.25) is 0 Å². The highest BCUT2D eigenvalue weighted by Crippen LogP contribution is 2.24. The number of anilines is 1. The zero-order valence-electron chi connectivity index (χ0n) is 11.5. The van der Waals surface area contributed by atoms with Gasteiger partial charge in [0, 0.05) is 25.3 Å². The van der Waals surface area contributed by atoms with E-state index in [2.05, 4.69) is 26.1 Å². The molecule has 0 spiro atoms. The van der Waals surface area contributed by atoms with Crippen LogP contribution < -0.4 is 16.2 Å². The number of hydrazine groups is 1. The number of carbonyl (C=O) groups excluding carboxylic acids is 1. The SMILES string of the molecule is O=C(CN1CC2CCCNC2C1)NNc1ccccn1. The van der Waals surface area contributed by atoms with Crippen molar-refractivity contribution in [1.29, 1.82) is 0 Å². The number of hydrogen-bond acceptors (Lipinski definition) is 5. The van der Waals surface area contributed by atoms with Crippen molar-refractivity contribution in [3.63, 3.8) is 0 Å². The summed E-state index contributed by atoms with van der Waals surface area (Å²) in [5.41, 5.74) is 5.52. The molecule has 2 atom stereocenters. The van der Waals surface area contributed by atoms with Gasteiger partial charge in [-0.05, 0) is 37.4 Å². The second kappa shape index (κ2) is 6.19. The average Bonchev–Trinajstić information content (AvgIpc) is 2.88. The van der Waals surface area contributed by atoms with Crippen LogP contribution in [-0.2, 0) is 4.79 Å². The minimum Gasteiger partial charge on any atom is -0.312 e. The van der Waals surface area contributed by atoms with Crippen molar-refractivity contribution < 1.29 is 4.79 Å². The highest BCUT2D eigenvalue weighted by molar-refractivity contribution is 5.79. The van der Waals surface area contributed by atoms with Crippen LogP contribution in [0.1, 0.15) is 12.8 Å². The van der Waals surface area contributed by atoms with Gasteiger partial charge in [-0.25, -0.2) is 4.98 Å². The van der Waals surface area contributed by atoms with E-state index in [0.29, 0.717) is 24.3 Å². The number of nitrogens with zero attached hydrogens (tertiary/aromatic N) is 2. The van der Waals surface area contributed by atoms with Crippen molar-refractivity contribution in [3.05, 3.63) is 24.4 Å². The van der Waals surface area contributed by atoms with E-state index in [0.717, 1.165) is 19.6 Å². The summed E-state index contributed by atoms with van der Waals surface area (Å²) in [4.78, 5) is 18.2. The molecule has 0 aliphatic carbocycles. The number of nitrogens with one attached hydrogen (secondary N) is 3. The summed E-state index contributed by atoms with van der Waals surface area (Å²) in [6.45, 7) is 3.55. The Kier molecular flexibility index (Phi) is 4.13. The van der Waals surface area contributed by atoms with Crippen LogP contribution in [-0.4, -0.2) is 48.0 Å². The number of rotatable bonds is 4. The third kappa shape index (κ3) is 3.26. The molecule has 2 unspecified atom stereocenters. The molecule has 0 saturated carbocycles. The van der Waals surface area contributed by atoms with Crippen molar-refractivity contribution in [3.8, 4) is 0 Å². The lowest BCUT2D eigenvalue weighted by Crippen LogP contribution is -2.42. The molecule has 1 amide bonds. The number of carbonyl (C=O) groups is 1. The second-order valence-corrected chi connectivity index (χ2v) is 5.55. The molecule has 2 fully saturated rings. The van der Waals surface area contributed by atoms with Crippen LogP contribution in [0.5, 0.6) is 0 Å². The summed E-state index contributed by atoms with van der Waals surface area (Å²) in [6, 6.07) is 6.10. The van der Waals surface area contributed by atoms with Crippen molar-refractivity contribution >= 4 is 11.7 Å². The van der Waals surface area contributed by atoms with Gasteiger partial charge < -0.3 is 5.32 Å². The summed E-state index contributed by atoms with van der Waals surface area (Å²) in [6.07, 6.45) is 4.22. The second-order valence-electron chi connectivity index (χ2n) is 5.55. The lowest BCUT2D eigenvalue weighted by molar-refractivity contribution is -0.121. The molecule has 2 saturated heterocycles. The summed E-state index contributed by atoms with van der Waals surface area (Å²) < 4.78 is 0. The molecule has 0 aromatic carbocycles. The first kappa shape index (κ1) is 13.3. The van der Waals surface area contributed by atoms with Crippen molar-refractivity contribution in [2.24, 2.45) is 5.92 Å². The van der Waals surface area contributed by atoms with Crippen LogP contribution >= 0.6 is 0 Å². The smallest absolute Gasteiger partial charge is 0.252 e. The molecule has 2 aliphatic rings. The Morgan fingerprint density at radius 1 is 1.45 bits per heavy atom. The Morgan fingerprint density at radius 3 is 3.20 bits per heavy atom. The fourth-order valence-corrected chi connectivity index (χ4v) is 3.08. The Morgan fingerprint density at radius 2 is 2.40 bits per heavy atom. The van der Waals surface area contributed by atoms with Gasteiger partial charge in [0.25, 0.3) is 5.91 Å². The number of aromatic nitrogens is 1. The van der Waals surface area contributed by atoms with E-state index >= 15 is 0 Å². The quantitative estimate of drug-likeness (QED) is 0.685. The fourth-order valence-electron chi connectivity index (χ4n) is 3.08. The lowest BCUT2D eigenvalue weighted by Gasteiger charge is -2.24. The predicted octanol–water partition coefficient (Wildman–Crippen LogP) is 0.209. The summed E-state index contributed by atoms with van der Waals surface area (Å²) in [5.74, 6) is 1.34. The van der Waals surface area contributed by atoms with Gasteiger partial charge >= 0.3 is 0 Å². The van der Waals surface area contributed by atoms with Crippen molar-refractivity contribution in [1.82, 2.24) is 20.6 Å². The first-order valence-corrected chi connectivity index (χ1v) is 7.23. The first-order chi connectivity index (χ1) is 9.81. The minimum absolute atomic E-state index is 0.0192. The van der Waals surface area contributed by atoms with E-state index in [-0.39, 0.29) is 5.91 Å². The van der Waals surface area contributed by atoms with Crippen LogP contribution in [0.15, 0.2) is 24.4 Å². The van der Waals surface area contributed by atoms with E-state index in [1.165, 1.54) is 12.8 Å². The summed E-state index contributed by atoms with van der Waals surface area (Å²) >= 11 is 0. The van der Waals surface area contributed by atoms with Gasteiger partial charge in [-0.3, -0.25) is 20.5 Å². The van der Waals surface area contributed by atoms with Crippen LogP contribution in [0, 0.1) is 5.92 Å². The monoisotopic (exact) mass is 275 g/mol. The maximum absolute atomic E-state index is 11.9. The van der Waals surface area contributed by atoms with Gasteiger partial charge in [-0.2, -0.15) is 0 Å². The normalized spacial score (nSPS) is 26.0. The van der Waals surface area contributed by atoms with Crippen molar-refractivity contribution in [2.75, 3.05) is 31.6 Å². The Balaban J connectivity index is 1.43. The van der Waals surface area contributed by atoms with Gasteiger partial charge in [0.2, 0.25) is 0 Å². The number of amides is 1. The van der Waals surface area contributed by atoms with E-state index in [4.69, 9.17) is 0 Å². The molecule has 20 heavy (non-hydrogen) atoms. The van der Waals surface area contributed by atoms with Crippen LogP contribution in [0.3, 0.4) is 0 Å². The summed E-state index contributed by atoms with van der Waals surface area (Å²) in [7, 11) is 0. The lowest BCUT2D eigenvalue weighted by atomic mass is 9.94. The van der Waals surface area contributed by atoms with Gasteiger partial charge in [0.15, 0.2) is 0 Å². The molecule has 3 N–H and O–H groups in total. The molecule has 1 aromatic rings. The first-order valence-electron chi connectivity index (χ1n) is 7.23. The molecule has 2 aliphatic heterocycles. The highest BCUT2D eigenvalue weighted by Gasteiger charge is 2.34. The zero-order valence-corrected chi connectivity index (χ0v) is 11.5. The molecular formula is C14H21N5O. The largest absolute Gasteiger partial charge is 0.312 e. The topological polar surface area (TPSA) is 69.3 Å². The van der Waals surface area contributed by atoms with Crippen LogP contribution in [0.25, 0.3) is 0 Å². The molecule has 6 nitrogen and oxygen atoms in total. The number of pyridine rings is 1. The number of piperidine rings is 1. The van der Waals surface area contributed by atoms with E-state index in [9.17, 15) is 4.79 Å². The molecular weight excluding hydrogens is 254 g/mol. The Bertz CT molecular complexity index is 438. The zero-order chi connectivity index (χ0) is 13.8. The van der Waals surface area contributed by atoms with Gasteiger partial charge in [0.05, 0.1) is 6.54 Å². The molecule has 1 aromatic heterocycles. The molecule has 0 bridgehead atoms. The maximum atomic E-state index is 11.9. The molecule has 0 radical (unpaired) electrons. The van der Waals surface area contributed by atoms with Gasteiger partial charge in [-0.1, -0.05) is 6.07 Å². The molecule has 6 heteroatoms. The number of fused-ring (bicyclic) bond motifs is 1. The molecule has 108 valence electrons. The van der Waals surface area contributed by atoms with E-state index in [1.54, 1.807) is 6.20 Å². The Labute approximate surface area is 118 Å². The fraction of sp³-hybridized carbons (Fsp3) is 0.571. The Hall–Kier alpha value is -1.66. The van der Waals surface area contributed by atoms with Crippen LogP contribution in [0.4, 0.5) is 5.82 Å². The highest BCUT2D eigenvalue weighted by atomic mass is 16.2. The van der Waals surface area contributed by atoms with Crippen molar-refractivity contribution in [2.45, 2.75) is 18.9 Å². The van der Waals surface area contributed by atoms with Gasteiger partial charge in [0.1, 0.15) is 5.82 Å². The predicted molar refractivity (Wildman–Crippen MR) is 77.0 cm³/mol. The number of likely N-dealkylation sites (tertiary alicyclic amines) is 1. The maximum Gasteiger partial charge on any atom is 0.252 e. The standard InChI is InChI=1S/C14H21N5O/c20-14(18-17-13-5-1-2-6-16-13)10-19-8-11-4-3-7-15-12(11)9-19/h1-2,5-6,11-12,15H,3-4,7-10H2,(H,16,17)(H,18,20). The molecule has 3 heterocycles. The third-order valence-corrected chi connectivity index (χ3v) is 4.04. The van der Waals surface area contributed by atoms with E-state index < -0.39 is 0 Å². The number of hydrogen-bond donors (Lipinski definition) is 3. The third-order valence-electron chi connectivity index (χ3n) is 4.04. The van der Waals surface area contributed by atoms with Gasteiger partial charge in [-0.15, -0.1) is 0 Å².